The van der Waals surface area contributed by atoms with Crippen LogP contribution >= 0.6 is 0 Å². The summed E-state index contributed by atoms with van der Waals surface area (Å²) < 4.78 is 37.7. The summed E-state index contributed by atoms with van der Waals surface area (Å²) in [6, 6.07) is 8.41. The van der Waals surface area contributed by atoms with Crippen LogP contribution in [-0.4, -0.2) is 33.5 Å². The zero-order valence-electron chi connectivity index (χ0n) is 14.9. The Morgan fingerprint density at radius 3 is 2.38 bits per heavy atom. The minimum absolute atomic E-state index is 0.0343. The maximum absolute atomic E-state index is 12.6. The Balaban J connectivity index is 1.88. The Morgan fingerprint density at radius 2 is 1.76 bits per heavy atom. The van der Waals surface area contributed by atoms with E-state index in [4.69, 9.17) is 17.9 Å². The lowest BCUT2D eigenvalue weighted by Crippen LogP contribution is -2.25. The van der Waals surface area contributed by atoms with Gasteiger partial charge in [0.15, 0.2) is 5.82 Å². The first-order chi connectivity index (χ1) is 13.7. The summed E-state index contributed by atoms with van der Waals surface area (Å²) in [5, 5.41) is 0. The van der Waals surface area contributed by atoms with Crippen molar-refractivity contribution in [3.63, 3.8) is 0 Å². The van der Waals surface area contributed by atoms with E-state index in [9.17, 15) is 18.0 Å². The summed E-state index contributed by atoms with van der Waals surface area (Å²) in [6.45, 7) is 0.413. The van der Waals surface area contributed by atoms with E-state index in [0.717, 1.165) is 12.1 Å². The summed E-state index contributed by atoms with van der Waals surface area (Å²) in [7, 11) is 0. The van der Waals surface area contributed by atoms with Crippen LogP contribution in [0.3, 0.4) is 0 Å². The second-order valence-corrected chi connectivity index (χ2v) is 6.07. The van der Waals surface area contributed by atoms with Crippen molar-refractivity contribution in [3.05, 3.63) is 47.7 Å². The van der Waals surface area contributed by atoms with E-state index in [1.807, 2.05) is 0 Å². The number of nitrogen functional groups attached to an aromatic ring is 2. The van der Waals surface area contributed by atoms with Crippen LogP contribution in [0.25, 0.3) is 11.0 Å². The van der Waals surface area contributed by atoms with Crippen molar-refractivity contribution in [3.8, 4) is 12.3 Å². The number of benzene rings is 1. The number of ketones is 1. The monoisotopic (exact) mass is 400 g/mol. The minimum Gasteiger partial charge on any atom is -0.382 e. The number of carbonyl (C=O) groups excluding carboxylic acids is 1. The highest BCUT2D eigenvalue weighted by molar-refractivity contribution is 6.00. The number of nitrogens with two attached hydrogens (primary N) is 2. The summed E-state index contributed by atoms with van der Waals surface area (Å²) >= 11 is 0. The highest BCUT2D eigenvalue weighted by atomic mass is 19.4. The molecule has 3 aromatic rings. The standard InChI is InChI=1S/C19H15F3N6O/c1-2-9-28(13-6-3-11(4-7-13)16(29)19(20,21)22)10-12-5-8-14-15(25-12)17(23)27-18(24)26-14/h1,3-8H,9-10H2,(H4,23,24,26,27). The van der Waals surface area contributed by atoms with Gasteiger partial charge in [-0.1, -0.05) is 5.92 Å². The molecule has 0 fully saturated rings. The van der Waals surface area contributed by atoms with Crippen LogP contribution in [-0.2, 0) is 6.54 Å². The van der Waals surface area contributed by atoms with Crippen LogP contribution in [0.2, 0.25) is 0 Å². The molecule has 0 saturated heterocycles. The molecule has 0 aliphatic carbocycles. The highest BCUT2D eigenvalue weighted by Crippen LogP contribution is 2.24. The van der Waals surface area contributed by atoms with E-state index >= 15 is 0 Å². The van der Waals surface area contributed by atoms with Gasteiger partial charge in [0.25, 0.3) is 5.78 Å². The van der Waals surface area contributed by atoms with Crippen LogP contribution in [0.5, 0.6) is 0 Å². The van der Waals surface area contributed by atoms with Crippen LogP contribution in [0.1, 0.15) is 16.1 Å². The van der Waals surface area contributed by atoms with Crippen molar-refractivity contribution in [1.82, 2.24) is 15.0 Å². The third-order valence-corrected chi connectivity index (χ3v) is 4.03. The average Bonchev–Trinajstić information content (AvgIpc) is 2.67. The number of hydrogen-bond donors (Lipinski definition) is 2. The normalized spacial score (nSPS) is 11.2. The van der Waals surface area contributed by atoms with Crippen molar-refractivity contribution in [2.24, 2.45) is 0 Å². The van der Waals surface area contributed by atoms with Crippen molar-refractivity contribution >= 4 is 34.3 Å². The number of alkyl halides is 3. The molecule has 0 unspecified atom stereocenters. The molecule has 0 atom stereocenters. The first-order valence-electron chi connectivity index (χ1n) is 8.27. The molecule has 2 aromatic heterocycles. The number of nitrogens with zero attached hydrogens (tertiary/aromatic N) is 4. The maximum Gasteiger partial charge on any atom is 0.454 e. The second-order valence-electron chi connectivity index (χ2n) is 6.07. The van der Waals surface area contributed by atoms with E-state index in [-0.39, 0.29) is 24.9 Å². The van der Waals surface area contributed by atoms with Gasteiger partial charge in [0, 0.05) is 11.3 Å². The van der Waals surface area contributed by atoms with E-state index in [1.54, 1.807) is 17.0 Å². The molecule has 148 valence electrons. The van der Waals surface area contributed by atoms with Crippen molar-refractivity contribution < 1.29 is 18.0 Å². The molecule has 4 N–H and O–H groups in total. The van der Waals surface area contributed by atoms with Gasteiger partial charge in [-0.15, -0.1) is 6.42 Å². The summed E-state index contributed by atoms with van der Waals surface area (Å²) in [5.41, 5.74) is 12.9. The van der Waals surface area contributed by atoms with Crippen LogP contribution in [0.15, 0.2) is 36.4 Å². The van der Waals surface area contributed by atoms with Crippen LogP contribution in [0.4, 0.5) is 30.6 Å². The molecule has 0 spiro atoms. The third-order valence-electron chi connectivity index (χ3n) is 4.03. The lowest BCUT2D eigenvalue weighted by atomic mass is 10.1. The minimum atomic E-state index is -4.93. The van der Waals surface area contributed by atoms with E-state index in [1.165, 1.54) is 12.1 Å². The van der Waals surface area contributed by atoms with Gasteiger partial charge >= 0.3 is 6.18 Å². The maximum atomic E-state index is 12.6. The fraction of sp³-hybridized carbons (Fsp3) is 0.158. The Morgan fingerprint density at radius 1 is 1.07 bits per heavy atom. The van der Waals surface area contributed by atoms with Crippen LogP contribution in [0, 0.1) is 12.3 Å². The molecule has 0 amide bonds. The molecular formula is C19H15F3N6O. The Kier molecular flexibility index (Phi) is 5.23. The zero-order chi connectivity index (χ0) is 21.2. The van der Waals surface area contributed by atoms with E-state index in [0.29, 0.717) is 22.4 Å². The molecule has 1 aromatic carbocycles. The fourth-order valence-electron chi connectivity index (χ4n) is 2.72. The second kappa shape index (κ2) is 7.63. The summed E-state index contributed by atoms with van der Waals surface area (Å²) in [5.74, 6) is 0.752. The van der Waals surface area contributed by atoms with Gasteiger partial charge < -0.3 is 16.4 Å². The molecule has 0 aliphatic rings. The Hall–Kier alpha value is -3.87. The zero-order valence-corrected chi connectivity index (χ0v) is 14.9. The lowest BCUT2D eigenvalue weighted by Gasteiger charge is -2.22. The SMILES string of the molecule is C#CCN(Cc1ccc2nc(N)nc(N)c2n1)c1ccc(C(=O)C(F)(F)F)cc1. The number of fused-ring (bicyclic) bond motifs is 1. The number of rotatable bonds is 5. The van der Waals surface area contributed by atoms with Gasteiger partial charge in [0.05, 0.1) is 24.3 Å². The topological polar surface area (TPSA) is 111 Å². The predicted molar refractivity (Wildman–Crippen MR) is 103 cm³/mol. The van der Waals surface area contributed by atoms with Crippen molar-refractivity contribution in [2.75, 3.05) is 22.9 Å². The average molecular weight is 400 g/mol. The largest absolute Gasteiger partial charge is 0.454 e. The summed E-state index contributed by atoms with van der Waals surface area (Å²) in [4.78, 5) is 25.4. The number of anilines is 3. The lowest BCUT2D eigenvalue weighted by molar-refractivity contribution is -0.0885. The van der Waals surface area contributed by atoms with Crippen molar-refractivity contribution in [1.29, 1.82) is 0 Å². The first kappa shape index (κ1) is 19.9. The van der Waals surface area contributed by atoms with Gasteiger partial charge in [-0.3, -0.25) is 4.79 Å². The molecule has 10 heteroatoms. The summed E-state index contributed by atoms with van der Waals surface area (Å²) in [6.07, 6.45) is 0.488. The van der Waals surface area contributed by atoms with E-state index in [2.05, 4.69) is 20.9 Å². The van der Waals surface area contributed by atoms with Crippen molar-refractivity contribution in [2.45, 2.75) is 12.7 Å². The number of terminal acetylenes is 1. The molecule has 3 rings (SSSR count). The third kappa shape index (κ3) is 4.35. The number of aromatic nitrogens is 3. The van der Waals surface area contributed by atoms with E-state index < -0.39 is 17.5 Å². The molecule has 2 heterocycles. The number of pyridine rings is 1. The molecular weight excluding hydrogens is 385 g/mol. The highest BCUT2D eigenvalue weighted by Gasteiger charge is 2.39. The molecule has 0 bridgehead atoms. The Bertz CT molecular complexity index is 1110. The molecule has 0 aliphatic heterocycles. The number of Topliss-reactive ketones (excluding diaryl/α,β-unsaturated/α-hetero) is 1. The quantitative estimate of drug-likeness (QED) is 0.500. The fourth-order valence-corrected chi connectivity index (χ4v) is 2.72. The van der Waals surface area contributed by atoms with Gasteiger partial charge in [0.2, 0.25) is 5.95 Å². The first-order valence-corrected chi connectivity index (χ1v) is 8.27. The number of carbonyl (C=O) groups is 1. The van der Waals surface area contributed by atoms with Gasteiger partial charge in [0.1, 0.15) is 5.52 Å². The van der Waals surface area contributed by atoms with Crippen LogP contribution < -0.4 is 16.4 Å². The molecule has 0 radical (unpaired) electrons. The van der Waals surface area contributed by atoms with Gasteiger partial charge in [-0.05, 0) is 36.4 Å². The molecule has 29 heavy (non-hydrogen) atoms. The smallest absolute Gasteiger partial charge is 0.382 e. The van der Waals surface area contributed by atoms with Gasteiger partial charge in [-0.2, -0.15) is 18.2 Å². The predicted octanol–water partition coefficient (Wildman–Crippen LogP) is 2.57. The number of hydrogen-bond acceptors (Lipinski definition) is 7. The number of halogens is 3. The van der Waals surface area contributed by atoms with Gasteiger partial charge in [-0.25, -0.2) is 9.97 Å². The molecule has 0 saturated carbocycles. The molecule has 7 nitrogen and oxygen atoms in total. The Labute approximate surface area is 163 Å².